The predicted octanol–water partition coefficient (Wildman–Crippen LogP) is 4.29. The zero-order chi connectivity index (χ0) is 25.4. The number of hydrogen-bond acceptors (Lipinski definition) is 6. The first-order chi connectivity index (χ1) is 18.1. The molecule has 3 heterocycles. The lowest BCUT2D eigenvalue weighted by Gasteiger charge is -2.41. The highest BCUT2D eigenvalue weighted by atomic mass is 16.5. The maximum Gasteiger partial charge on any atom is 0.334 e. The van der Waals surface area contributed by atoms with Crippen molar-refractivity contribution in [2.24, 2.45) is 0 Å². The zero-order valence-corrected chi connectivity index (χ0v) is 21.3. The molecule has 1 saturated carbocycles. The molecule has 6 rings (SSSR count). The van der Waals surface area contributed by atoms with Gasteiger partial charge in [0, 0.05) is 44.5 Å². The number of aromatic nitrogens is 3. The van der Waals surface area contributed by atoms with E-state index in [4.69, 9.17) is 10.5 Å². The molecule has 8 heteroatoms. The number of anilines is 1. The third-order valence-electron chi connectivity index (χ3n) is 7.97. The molecular weight excluding hydrogens is 464 g/mol. The van der Waals surface area contributed by atoms with E-state index in [0.717, 1.165) is 68.8 Å². The Bertz CT molecular complexity index is 1410. The molecule has 192 valence electrons. The van der Waals surface area contributed by atoms with E-state index in [9.17, 15) is 4.79 Å². The van der Waals surface area contributed by atoms with E-state index >= 15 is 0 Å². The first-order valence-electron chi connectivity index (χ1n) is 13.2. The van der Waals surface area contributed by atoms with E-state index in [1.807, 2.05) is 65.2 Å². The normalized spacial score (nSPS) is 21.3. The van der Waals surface area contributed by atoms with Crippen molar-refractivity contribution in [2.75, 3.05) is 39.0 Å². The van der Waals surface area contributed by atoms with Gasteiger partial charge in [0.25, 0.3) is 0 Å². The van der Waals surface area contributed by atoms with Crippen molar-refractivity contribution < 1.29 is 4.74 Å². The highest BCUT2D eigenvalue weighted by Gasteiger charge is 2.31. The number of nitrogens with two attached hydrogens (primary N) is 1. The molecule has 0 bridgehead atoms. The van der Waals surface area contributed by atoms with Crippen LogP contribution in [-0.2, 0) is 0 Å². The van der Waals surface area contributed by atoms with Crippen LogP contribution in [0.4, 0.5) is 5.82 Å². The largest absolute Gasteiger partial charge is 0.457 e. The SMILES string of the molecule is CN1CCN([C@H]2CC[C@H](n3c(=O)n(-c4ccc(Oc5ccccc5)cc4)c4c(N)nccc43)CC2)CC1. The lowest BCUT2D eigenvalue weighted by Crippen LogP contribution is -2.50. The summed E-state index contributed by atoms with van der Waals surface area (Å²) in [6.07, 6.45) is 5.90. The molecule has 0 atom stereocenters. The topological polar surface area (TPSA) is 81.5 Å². The number of imidazole rings is 1. The van der Waals surface area contributed by atoms with Crippen LogP contribution in [0.5, 0.6) is 11.5 Å². The van der Waals surface area contributed by atoms with E-state index in [1.165, 1.54) is 0 Å². The monoisotopic (exact) mass is 498 g/mol. The number of rotatable bonds is 5. The minimum absolute atomic E-state index is 0.0607. The minimum atomic E-state index is -0.0607. The summed E-state index contributed by atoms with van der Waals surface area (Å²) < 4.78 is 9.61. The number of hydrogen-bond donors (Lipinski definition) is 1. The van der Waals surface area contributed by atoms with Crippen LogP contribution in [0.25, 0.3) is 16.7 Å². The summed E-state index contributed by atoms with van der Waals surface area (Å²) in [6.45, 7) is 4.54. The Morgan fingerprint density at radius 2 is 1.49 bits per heavy atom. The summed E-state index contributed by atoms with van der Waals surface area (Å²) in [6, 6.07) is 19.9. The Morgan fingerprint density at radius 1 is 0.838 bits per heavy atom. The lowest BCUT2D eigenvalue weighted by atomic mass is 9.89. The molecular formula is C29H34N6O2. The van der Waals surface area contributed by atoms with Gasteiger partial charge in [-0.3, -0.25) is 14.0 Å². The molecule has 2 aliphatic rings. The van der Waals surface area contributed by atoms with Gasteiger partial charge in [0.05, 0.1) is 11.2 Å². The number of fused-ring (bicyclic) bond motifs is 1. The van der Waals surface area contributed by atoms with Gasteiger partial charge in [-0.15, -0.1) is 0 Å². The van der Waals surface area contributed by atoms with Crippen LogP contribution in [0.1, 0.15) is 31.7 Å². The molecule has 2 fully saturated rings. The van der Waals surface area contributed by atoms with Gasteiger partial charge in [-0.1, -0.05) is 18.2 Å². The van der Waals surface area contributed by atoms with Crippen molar-refractivity contribution in [1.82, 2.24) is 23.9 Å². The van der Waals surface area contributed by atoms with Gasteiger partial charge in [0.2, 0.25) is 0 Å². The highest BCUT2D eigenvalue weighted by Crippen LogP contribution is 2.34. The Balaban J connectivity index is 1.28. The molecule has 0 radical (unpaired) electrons. The fourth-order valence-electron chi connectivity index (χ4n) is 5.94. The van der Waals surface area contributed by atoms with Crippen molar-refractivity contribution in [1.29, 1.82) is 0 Å². The van der Waals surface area contributed by atoms with Gasteiger partial charge >= 0.3 is 5.69 Å². The number of benzene rings is 2. The molecule has 1 aliphatic carbocycles. The second kappa shape index (κ2) is 10.0. The third kappa shape index (κ3) is 4.63. The number of likely N-dealkylation sites (N-methyl/N-ethyl adjacent to an activating group) is 1. The van der Waals surface area contributed by atoms with Gasteiger partial charge < -0.3 is 15.4 Å². The van der Waals surface area contributed by atoms with E-state index in [2.05, 4.69) is 21.8 Å². The Labute approximate surface area is 216 Å². The smallest absolute Gasteiger partial charge is 0.334 e. The zero-order valence-electron chi connectivity index (χ0n) is 21.3. The first-order valence-corrected chi connectivity index (χ1v) is 13.2. The van der Waals surface area contributed by atoms with Crippen LogP contribution in [0, 0.1) is 0 Å². The molecule has 4 aromatic rings. The van der Waals surface area contributed by atoms with E-state index < -0.39 is 0 Å². The van der Waals surface area contributed by atoms with Crippen LogP contribution in [0.2, 0.25) is 0 Å². The molecule has 2 N–H and O–H groups in total. The molecule has 2 aromatic carbocycles. The maximum absolute atomic E-state index is 13.9. The first kappa shape index (κ1) is 23.8. The summed E-state index contributed by atoms with van der Waals surface area (Å²) in [5, 5.41) is 0. The summed E-state index contributed by atoms with van der Waals surface area (Å²) >= 11 is 0. The fraction of sp³-hybridized carbons (Fsp3) is 0.379. The molecule has 2 aromatic heterocycles. The van der Waals surface area contributed by atoms with Crippen LogP contribution < -0.4 is 16.2 Å². The average molecular weight is 499 g/mol. The van der Waals surface area contributed by atoms with Gasteiger partial charge in [0.1, 0.15) is 22.8 Å². The van der Waals surface area contributed by atoms with Gasteiger partial charge in [0.15, 0.2) is 0 Å². The van der Waals surface area contributed by atoms with Crippen molar-refractivity contribution in [3.8, 4) is 17.2 Å². The molecule has 0 amide bonds. The average Bonchev–Trinajstić information content (AvgIpc) is 3.23. The summed E-state index contributed by atoms with van der Waals surface area (Å²) in [5.74, 6) is 1.84. The van der Waals surface area contributed by atoms with Crippen LogP contribution >= 0.6 is 0 Å². The van der Waals surface area contributed by atoms with E-state index in [1.54, 1.807) is 10.8 Å². The number of nitrogen functional groups attached to an aromatic ring is 1. The van der Waals surface area contributed by atoms with E-state index in [-0.39, 0.29) is 11.7 Å². The Hall–Kier alpha value is -3.62. The number of ether oxygens (including phenoxy) is 1. The third-order valence-corrected chi connectivity index (χ3v) is 7.97. The summed E-state index contributed by atoms with van der Waals surface area (Å²) in [4.78, 5) is 23.3. The van der Waals surface area contributed by atoms with Crippen LogP contribution in [0.15, 0.2) is 71.7 Å². The lowest BCUT2D eigenvalue weighted by molar-refractivity contribution is 0.0824. The molecule has 0 spiro atoms. The van der Waals surface area contributed by atoms with Crippen LogP contribution in [-0.4, -0.2) is 63.2 Å². The second-order valence-corrected chi connectivity index (χ2v) is 10.3. The highest BCUT2D eigenvalue weighted by molar-refractivity contribution is 5.87. The second-order valence-electron chi connectivity index (χ2n) is 10.3. The van der Waals surface area contributed by atoms with E-state index in [0.29, 0.717) is 23.1 Å². The molecule has 1 aliphatic heterocycles. The van der Waals surface area contributed by atoms with Crippen molar-refractivity contribution >= 4 is 16.9 Å². The maximum atomic E-state index is 13.9. The molecule has 1 saturated heterocycles. The van der Waals surface area contributed by atoms with Crippen LogP contribution in [0.3, 0.4) is 0 Å². The summed E-state index contributed by atoms with van der Waals surface area (Å²) in [7, 11) is 2.20. The van der Waals surface area contributed by atoms with Gasteiger partial charge in [-0.05, 0) is 75.2 Å². The predicted molar refractivity (Wildman–Crippen MR) is 147 cm³/mol. The fourth-order valence-corrected chi connectivity index (χ4v) is 5.94. The Morgan fingerprint density at radius 3 is 2.19 bits per heavy atom. The molecule has 8 nitrogen and oxygen atoms in total. The van der Waals surface area contributed by atoms with Crippen molar-refractivity contribution in [3.63, 3.8) is 0 Å². The number of nitrogens with zero attached hydrogens (tertiary/aromatic N) is 5. The molecule has 0 unspecified atom stereocenters. The number of pyridine rings is 1. The standard InChI is InChI=1S/C29H34N6O2/c1-32-17-19-33(20-18-32)21-7-9-22(10-8-21)34-26-15-16-31-28(30)27(26)35(29(34)36)23-11-13-25(14-12-23)37-24-5-3-2-4-6-24/h2-6,11-16,21-22H,7-10,17-20H2,1H3,(H2,30,31)/t21-,22-. The Kier molecular flexibility index (Phi) is 6.44. The number of para-hydroxylation sites is 1. The summed E-state index contributed by atoms with van der Waals surface area (Å²) in [5.41, 5.74) is 8.56. The number of piperazine rings is 1. The van der Waals surface area contributed by atoms with Gasteiger partial charge in [-0.25, -0.2) is 9.78 Å². The van der Waals surface area contributed by atoms with Crippen molar-refractivity contribution in [3.05, 3.63) is 77.3 Å². The van der Waals surface area contributed by atoms with Crippen molar-refractivity contribution in [2.45, 2.75) is 37.8 Å². The quantitative estimate of drug-likeness (QED) is 0.442. The minimum Gasteiger partial charge on any atom is -0.457 e. The van der Waals surface area contributed by atoms with Gasteiger partial charge in [-0.2, -0.15) is 0 Å². The molecule has 37 heavy (non-hydrogen) atoms.